The van der Waals surface area contributed by atoms with Crippen molar-refractivity contribution in [2.75, 3.05) is 13.7 Å². The van der Waals surface area contributed by atoms with Crippen molar-refractivity contribution in [1.29, 1.82) is 0 Å². The molecule has 0 bridgehead atoms. The number of ether oxygens (including phenoxy) is 1. The van der Waals surface area contributed by atoms with Crippen molar-refractivity contribution in [3.05, 3.63) is 33.8 Å². The lowest BCUT2D eigenvalue weighted by molar-refractivity contribution is 0.0117. The molecule has 0 aromatic heterocycles. The van der Waals surface area contributed by atoms with E-state index in [1.54, 1.807) is 7.11 Å². The number of halogens is 2. The van der Waals surface area contributed by atoms with Gasteiger partial charge in [0.2, 0.25) is 0 Å². The Hall–Kier alpha value is -0.280. The molecule has 0 heterocycles. The molecular weight excluding hydrogens is 305 g/mol. The van der Waals surface area contributed by atoms with Crippen molar-refractivity contribution in [2.24, 2.45) is 0 Å². The highest BCUT2D eigenvalue weighted by molar-refractivity contribution is 6.35. The van der Waals surface area contributed by atoms with Crippen LogP contribution in [0.1, 0.15) is 45.6 Å². The molecule has 1 unspecified atom stereocenters. The van der Waals surface area contributed by atoms with Gasteiger partial charge in [-0.2, -0.15) is 0 Å². The molecule has 0 radical (unpaired) electrons. The van der Waals surface area contributed by atoms with E-state index in [0.29, 0.717) is 11.1 Å². The zero-order chi connectivity index (χ0) is 15.9. The number of methoxy groups -OCH3 is 1. The molecule has 0 aliphatic heterocycles. The lowest BCUT2D eigenvalue weighted by Gasteiger charge is -2.27. The van der Waals surface area contributed by atoms with Gasteiger partial charge >= 0.3 is 0 Å². The lowest BCUT2D eigenvalue weighted by atomic mass is 9.95. The molecule has 1 aromatic rings. The molecule has 0 aliphatic rings. The lowest BCUT2D eigenvalue weighted by Crippen LogP contribution is -2.34. The van der Waals surface area contributed by atoms with E-state index in [0.717, 1.165) is 42.8 Å². The zero-order valence-corrected chi connectivity index (χ0v) is 15.0. The minimum Gasteiger partial charge on any atom is -0.379 e. The van der Waals surface area contributed by atoms with E-state index in [1.165, 1.54) is 0 Å². The molecule has 0 saturated heterocycles. The first-order valence-corrected chi connectivity index (χ1v) is 8.36. The standard InChI is InChI=1S/C17H27Cl2NO/c1-5-10-20-15(8-9-17(2,3)21-4)11-13-6-7-14(18)12-16(13)19/h6-7,12,15,20H,5,8-11H2,1-4H3. The second kappa shape index (κ2) is 8.99. The SMILES string of the molecule is CCCNC(CCC(C)(C)OC)Cc1ccc(Cl)cc1Cl. The molecule has 1 atom stereocenters. The van der Waals surface area contributed by atoms with E-state index in [-0.39, 0.29) is 5.60 Å². The van der Waals surface area contributed by atoms with Gasteiger partial charge in [0.05, 0.1) is 5.60 Å². The van der Waals surface area contributed by atoms with Crippen LogP contribution in [-0.2, 0) is 11.2 Å². The van der Waals surface area contributed by atoms with Crippen LogP contribution in [0.2, 0.25) is 10.0 Å². The molecule has 0 spiro atoms. The maximum absolute atomic E-state index is 6.29. The van der Waals surface area contributed by atoms with E-state index in [9.17, 15) is 0 Å². The first kappa shape index (κ1) is 18.8. The minimum absolute atomic E-state index is 0.0874. The third kappa shape index (κ3) is 7.01. The molecular formula is C17H27Cl2NO. The Labute approximate surface area is 139 Å². The van der Waals surface area contributed by atoms with Crippen molar-refractivity contribution < 1.29 is 4.74 Å². The van der Waals surface area contributed by atoms with Gasteiger partial charge in [0, 0.05) is 23.2 Å². The van der Waals surface area contributed by atoms with Crippen LogP contribution in [0.25, 0.3) is 0 Å². The summed E-state index contributed by atoms with van der Waals surface area (Å²) in [6.07, 6.45) is 4.10. The first-order chi connectivity index (χ1) is 9.88. The Morgan fingerprint density at radius 3 is 2.57 bits per heavy atom. The van der Waals surface area contributed by atoms with Gasteiger partial charge in [0.15, 0.2) is 0 Å². The van der Waals surface area contributed by atoms with Crippen molar-refractivity contribution >= 4 is 23.2 Å². The van der Waals surface area contributed by atoms with Gasteiger partial charge < -0.3 is 10.1 Å². The van der Waals surface area contributed by atoms with Crippen LogP contribution < -0.4 is 5.32 Å². The smallest absolute Gasteiger partial charge is 0.0623 e. The fourth-order valence-corrected chi connectivity index (χ4v) is 2.69. The Kier molecular flexibility index (Phi) is 8.04. The fourth-order valence-electron chi connectivity index (χ4n) is 2.20. The Bertz CT molecular complexity index is 435. The Balaban J connectivity index is 2.68. The molecule has 21 heavy (non-hydrogen) atoms. The third-order valence-electron chi connectivity index (χ3n) is 3.81. The number of hydrogen-bond donors (Lipinski definition) is 1. The highest BCUT2D eigenvalue weighted by Crippen LogP contribution is 2.24. The minimum atomic E-state index is -0.0874. The summed E-state index contributed by atoms with van der Waals surface area (Å²) < 4.78 is 5.51. The molecule has 1 aromatic carbocycles. The van der Waals surface area contributed by atoms with Gasteiger partial charge in [0.1, 0.15) is 0 Å². The number of benzene rings is 1. The highest BCUT2D eigenvalue weighted by Gasteiger charge is 2.19. The molecule has 2 nitrogen and oxygen atoms in total. The molecule has 1 N–H and O–H groups in total. The van der Waals surface area contributed by atoms with Crippen LogP contribution in [0, 0.1) is 0 Å². The second-order valence-corrected chi connectivity index (χ2v) is 6.94. The summed E-state index contributed by atoms with van der Waals surface area (Å²) in [6, 6.07) is 6.14. The van der Waals surface area contributed by atoms with E-state index < -0.39 is 0 Å². The van der Waals surface area contributed by atoms with E-state index in [2.05, 4.69) is 26.1 Å². The average Bonchev–Trinajstić information content (AvgIpc) is 2.44. The maximum atomic E-state index is 6.29. The number of rotatable bonds is 9. The van der Waals surface area contributed by atoms with Crippen LogP contribution >= 0.6 is 23.2 Å². The van der Waals surface area contributed by atoms with Crippen molar-refractivity contribution in [3.8, 4) is 0 Å². The largest absolute Gasteiger partial charge is 0.379 e. The topological polar surface area (TPSA) is 21.3 Å². The molecule has 0 amide bonds. The molecule has 120 valence electrons. The van der Waals surface area contributed by atoms with Gasteiger partial charge in [-0.05, 0) is 63.8 Å². The van der Waals surface area contributed by atoms with E-state index in [4.69, 9.17) is 27.9 Å². The Morgan fingerprint density at radius 2 is 2.00 bits per heavy atom. The van der Waals surface area contributed by atoms with Crippen LogP contribution in [0.5, 0.6) is 0 Å². The third-order valence-corrected chi connectivity index (χ3v) is 4.40. The van der Waals surface area contributed by atoms with Gasteiger partial charge in [-0.15, -0.1) is 0 Å². The molecule has 0 fully saturated rings. The summed E-state index contributed by atoms with van der Waals surface area (Å²) in [6.45, 7) is 7.44. The van der Waals surface area contributed by atoms with Crippen molar-refractivity contribution in [1.82, 2.24) is 5.32 Å². The quantitative estimate of drug-likeness (QED) is 0.678. The van der Waals surface area contributed by atoms with Crippen LogP contribution in [0.15, 0.2) is 18.2 Å². The average molecular weight is 332 g/mol. The maximum Gasteiger partial charge on any atom is 0.0623 e. The van der Waals surface area contributed by atoms with Crippen LogP contribution in [0.3, 0.4) is 0 Å². The molecule has 0 aliphatic carbocycles. The van der Waals surface area contributed by atoms with Crippen LogP contribution in [-0.4, -0.2) is 25.3 Å². The Morgan fingerprint density at radius 1 is 1.29 bits per heavy atom. The molecule has 1 rings (SSSR count). The summed E-state index contributed by atoms with van der Waals surface area (Å²) in [5.74, 6) is 0. The van der Waals surface area contributed by atoms with Crippen molar-refractivity contribution in [3.63, 3.8) is 0 Å². The van der Waals surface area contributed by atoms with Gasteiger partial charge in [-0.25, -0.2) is 0 Å². The summed E-state index contributed by atoms with van der Waals surface area (Å²) >= 11 is 12.2. The van der Waals surface area contributed by atoms with Crippen molar-refractivity contribution in [2.45, 2.75) is 58.1 Å². The predicted molar refractivity (Wildman–Crippen MR) is 92.6 cm³/mol. The fraction of sp³-hybridized carbons (Fsp3) is 0.647. The zero-order valence-electron chi connectivity index (χ0n) is 13.5. The highest BCUT2D eigenvalue weighted by atomic mass is 35.5. The predicted octanol–water partition coefficient (Wildman–Crippen LogP) is 5.11. The van der Waals surface area contributed by atoms with E-state index in [1.807, 2.05) is 18.2 Å². The van der Waals surface area contributed by atoms with Gasteiger partial charge in [-0.1, -0.05) is 36.2 Å². The van der Waals surface area contributed by atoms with Gasteiger partial charge in [-0.3, -0.25) is 0 Å². The summed E-state index contributed by atoms with van der Waals surface area (Å²) in [5, 5.41) is 5.04. The van der Waals surface area contributed by atoms with Gasteiger partial charge in [0.25, 0.3) is 0 Å². The summed E-state index contributed by atoms with van der Waals surface area (Å²) in [7, 11) is 1.77. The van der Waals surface area contributed by atoms with Crippen LogP contribution in [0.4, 0.5) is 0 Å². The second-order valence-electron chi connectivity index (χ2n) is 6.09. The number of nitrogens with one attached hydrogen (secondary N) is 1. The van der Waals surface area contributed by atoms with E-state index >= 15 is 0 Å². The summed E-state index contributed by atoms with van der Waals surface area (Å²) in [4.78, 5) is 0. The molecule has 4 heteroatoms. The monoisotopic (exact) mass is 331 g/mol. The number of hydrogen-bond acceptors (Lipinski definition) is 2. The summed E-state index contributed by atoms with van der Waals surface area (Å²) in [5.41, 5.74) is 1.06. The first-order valence-electron chi connectivity index (χ1n) is 7.60. The normalized spacial score (nSPS) is 13.4. The molecule has 0 saturated carbocycles.